The van der Waals surface area contributed by atoms with E-state index in [9.17, 15) is 4.79 Å². The maximum absolute atomic E-state index is 12.5. The molecule has 0 radical (unpaired) electrons. The fourth-order valence-electron chi connectivity index (χ4n) is 3.26. The second kappa shape index (κ2) is 9.80. The Balaban J connectivity index is 1.45. The molecular formula is C19H25N3O2S3. The number of rotatable bonds is 7. The number of thioether (sulfide) groups is 2. The first-order chi connectivity index (χ1) is 13.0. The van der Waals surface area contributed by atoms with Crippen LogP contribution in [0, 0.1) is 11.8 Å². The number of likely N-dealkylation sites (tertiary alicyclic amines) is 1. The first-order valence-electron chi connectivity index (χ1n) is 9.03. The third kappa shape index (κ3) is 6.12. The molecule has 8 heteroatoms. The first kappa shape index (κ1) is 20.5. The van der Waals surface area contributed by atoms with Gasteiger partial charge in [-0.15, -0.1) is 10.2 Å². The highest BCUT2D eigenvalue weighted by Gasteiger charge is 2.25. The van der Waals surface area contributed by atoms with Crippen LogP contribution in [0.25, 0.3) is 0 Å². The van der Waals surface area contributed by atoms with E-state index < -0.39 is 0 Å². The van der Waals surface area contributed by atoms with E-state index >= 15 is 0 Å². The number of hydrogen-bond acceptors (Lipinski definition) is 7. The molecule has 0 spiro atoms. The standard InChI is InChI=1S/C19H25N3O2S3/c1-13-8-14(2)10-22(9-13)17(23)12-26-19-21-20-18(27-19)25-11-15-4-6-16(24-3)7-5-15/h4-7,13-14H,8-12H2,1-3H3/t13-,14+. The third-order valence-electron chi connectivity index (χ3n) is 4.45. The van der Waals surface area contributed by atoms with E-state index in [0.29, 0.717) is 17.6 Å². The van der Waals surface area contributed by atoms with Gasteiger partial charge in [-0.1, -0.05) is 60.8 Å². The van der Waals surface area contributed by atoms with Crippen molar-refractivity contribution in [2.24, 2.45) is 11.8 Å². The lowest BCUT2D eigenvalue weighted by atomic mass is 9.92. The Kier molecular flexibility index (Phi) is 7.43. The van der Waals surface area contributed by atoms with Gasteiger partial charge < -0.3 is 9.64 Å². The molecule has 0 aliphatic carbocycles. The minimum Gasteiger partial charge on any atom is -0.497 e. The Morgan fingerprint density at radius 1 is 1.15 bits per heavy atom. The van der Waals surface area contributed by atoms with E-state index in [4.69, 9.17) is 4.74 Å². The lowest BCUT2D eigenvalue weighted by molar-refractivity contribution is -0.130. The van der Waals surface area contributed by atoms with Crippen molar-refractivity contribution in [1.82, 2.24) is 15.1 Å². The molecule has 0 bridgehead atoms. The minimum atomic E-state index is 0.209. The van der Waals surface area contributed by atoms with Gasteiger partial charge in [0.25, 0.3) is 0 Å². The molecule has 1 amide bonds. The zero-order chi connectivity index (χ0) is 19.2. The van der Waals surface area contributed by atoms with Gasteiger partial charge in [0.1, 0.15) is 5.75 Å². The summed E-state index contributed by atoms with van der Waals surface area (Å²) < 4.78 is 6.97. The number of methoxy groups -OCH3 is 1. The van der Waals surface area contributed by atoms with Crippen LogP contribution in [0.4, 0.5) is 0 Å². The van der Waals surface area contributed by atoms with Gasteiger partial charge in [-0.2, -0.15) is 0 Å². The summed E-state index contributed by atoms with van der Waals surface area (Å²) in [4.78, 5) is 14.5. The Labute approximate surface area is 173 Å². The number of hydrogen-bond donors (Lipinski definition) is 0. The van der Waals surface area contributed by atoms with Crippen molar-refractivity contribution >= 4 is 40.8 Å². The summed E-state index contributed by atoms with van der Waals surface area (Å²) in [6, 6.07) is 8.04. The molecule has 2 atom stereocenters. The van der Waals surface area contributed by atoms with Crippen LogP contribution >= 0.6 is 34.9 Å². The number of aromatic nitrogens is 2. The van der Waals surface area contributed by atoms with Crippen molar-refractivity contribution in [2.75, 3.05) is 26.0 Å². The van der Waals surface area contributed by atoms with Crippen LogP contribution in [-0.2, 0) is 10.5 Å². The van der Waals surface area contributed by atoms with Gasteiger partial charge in [-0.3, -0.25) is 4.79 Å². The largest absolute Gasteiger partial charge is 0.497 e. The van der Waals surface area contributed by atoms with E-state index in [1.165, 1.54) is 23.7 Å². The summed E-state index contributed by atoms with van der Waals surface area (Å²) in [5.74, 6) is 3.53. The minimum absolute atomic E-state index is 0.209. The molecule has 1 saturated heterocycles. The molecule has 1 aromatic carbocycles. The summed E-state index contributed by atoms with van der Waals surface area (Å²) in [5, 5.41) is 8.46. The Hall–Kier alpha value is -1.25. The molecule has 146 valence electrons. The van der Waals surface area contributed by atoms with Crippen molar-refractivity contribution in [3.8, 4) is 5.75 Å². The normalized spacial score (nSPS) is 19.9. The molecule has 1 fully saturated rings. The quantitative estimate of drug-likeness (QED) is 0.614. The number of carbonyl (C=O) groups is 1. The lowest BCUT2D eigenvalue weighted by Crippen LogP contribution is -2.43. The average Bonchev–Trinajstić information content (AvgIpc) is 3.12. The van der Waals surface area contributed by atoms with Crippen LogP contribution < -0.4 is 4.74 Å². The van der Waals surface area contributed by atoms with Crippen LogP contribution in [0.1, 0.15) is 25.8 Å². The zero-order valence-electron chi connectivity index (χ0n) is 15.9. The molecular weight excluding hydrogens is 398 g/mol. The van der Waals surface area contributed by atoms with Crippen molar-refractivity contribution in [1.29, 1.82) is 0 Å². The van der Waals surface area contributed by atoms with Gasteiger partial charge in [0, 0.05) is 18.8 Å². The molecule has 0 unspecified atom stereocenters. The molecule has 2 heterocycles. The average molecular weight is 424 g/mol. The van der Waals surface area contributed by atoms with Gasteiger partial charge in [0.05, 0.1) is 12.9 Å². The third-order valence-corrected chi connectivity index (χ3v) is 7.70. The van der Waals surface area contributed by atoms with Crippen molar-refractivity contribution in [3.05, 3.63) is 29.8 Å². The van der Waals surface area contributed by atoms with Crippen molar-refractivity contribution < 1.29 is 9.53 Å². The van der Waals surface area contributed by atoms with Gasteiger partial charge in [0.2, 0.25) is 5.91 Å². The topological polar surface area (TPSA) is 55.3 Å². The number of ether oxygens (including phenoxy) is 1. The SMILES string of the molecule is COc1ccc(CSc2nnc(SCC(=O)N3C[C@H](C)C[C@H](C)C3)s2)cc1. The van der Waals surface area contributed by atoms with Gasteiger partial charge in [-0.05, 0) is 36.0 Å². The fourth-order valence-corrected chi connectivity index (χ4v) is 6.14. The van der Waals surface area contributed by atoms with E-state index in [2.05, 4.69) is 36.2 Å². The number of amides is 1. The second-order valence-electron chi connectivity index (χ2n) is 7.00. The van der Waals surface area contributed by atoms with Crippen molar-refractivity contribution in [2.45, 2.75) is 34.7 Å². The summed E-state index contributed by atoms with van der Waals surface area (Å²) in [7, 11) is 1.67. The Morgan fingerprint density at radius 3 is 2.41 bits per heavy atom. The van der Waals surface area contributed by atoms with Crippen LogP contribution in [-0.4, -0.2) is 47.0 Å². The smallest absolute Gasteiger partial charge is 0.233 e. The maximum Gasteiger partial charge on any atom is 0.233 e. The summed E-state index contributed by atoms with van der Waals surface area (Å²) in [6.07, 6.45) is 1.21. The highest BCUT2D eigenvalue weighted by Crippen LogP contribution is 2.31. The second-order valence-corrected chi connectivity index (χ2v) is 10.4. The lowest BCUT2D eigenvalue weighted by Gasteiger charge is -2.34. The summed E-state index contributed by atoms with van der Waals surface area (Å²) in [5.41, 5.74) is 1.22. The van der Waals surface area contributed by atoms with Gasteiger partial charge in [-0.25, -0.2) is 0 Å². The van der Waals surface area contributed by atoms with Gasteiger partial charge in [0.15, 0.2) is 8.68 Å². The summed E-state index contributed by atoms with van der Waals surface area (Å²) in [6.45, 7) is 6.20. The van der Waals surface area contributed by atoms with E-state index in [0.717, 1.165) is 33.3 Å². The number of benzene rings is 1. The molecule has 0 N–H and O–H groups in total. The predicted molar refractivity (Wildman–Crippen MR) is 113 cm³/mol. The molecule has 3 rings (SSSR count). The van der Waals surface area contributed by atoms with Crippen LogP contribution in [0.2, 0.25) is 0 Å². The molecule has 27 heavy (non-hydrogen) atoms. The highest BCUT2D eigenvalue weighted by atomic mass is 32.2. The Morgan fingerprint density at radius 2 is 1.78 bits per heavy atom. The fraction of sp³-hybridized carbons (Fsp3) is 0.526. The van der Waals surface area contributed by atoms with E-state index in [1.54, 1.807) is 30.2 Å². The molecule has 5 nitrogen and oxygen atoms in total. The van der Waals surface area contributed by atoms with Crippen LogP contribution in [0.15, 0.2) is 32.9 Å². The predicted octanol–water partition coefficient (Wildman–Crippen LogP) is 4.44. The number of piperidine rings is 1. The first-order valence-corrected chi connectivity index (χ1v) is 11.8. The van der Waals surface area contributed by atoms with E-state index in [-0.39, 0.29) is 5.91 Å². The van der Waals surface area contributed by atoms with E-state index in [1.807, 2.05) is 17.0 Å². The molecule has 0 saturated carbocycles. The van der Waals surface area contributed by atoms with Gasteiger partial charge >= 0.3 is 0 Å². The summed E-state index contributed by atoms with van der Waals surface area (Å²) >= 11 is 4.72. The highest BCUT2D eigenvalue weighted by molar-refractivity contribution is 8.03. The molecule has 2 aromatic rings. The molecule has 1 aliphatic heterocycles. The maximum atomic E-state index is 12.5. The molecule has 1 aromatic heterocycles. The number of nitrogens with zero attached hydrogens (tertiary/aromatic N) is 3. The number of carbonyl (C=O) groups excluding carboxylic acids is 1. The monoisotopic (exact) mass is 423 g/mol. The van der Waals surface area contributed by atoms with Crippen molar-refractivity contribution in [3.63, 3.8) is 0 Å². The molecule has 1 aliphatic rings. The Bertz CT molecular complexity index is 741. The van der Waals surface area contributed by atoms with Crippen LogP contribution in [0.3, 0.4) is 0 Å². The van der Waals surface area contributed by atoms with Crippen LogP contribution in [0.5, 0.6) is 5.75 Å². The zero-order valence-corrected chi connectivity index (χ0v) is 18.3.